The van der Waals surface area contributed by atoms with Crippen LogP contribution in [0, 0.1) is 0 Å². The summed E-state index contributed by atoms with van der Waals surface area (Å²) < 4.78 is -0.665. The summed E-state index contributed by atoms with van der Waals surface area (Å²) in [6, 6.07) is -0.814. The lowest BCUT2D eigenvalue weighted by molar-refractivity contribution is -0.122. The molecule has 0 aromatic heterocycles. The molecular weight excluding hydrogens is 334 g/mol. The summed E-state index contributed by atoms with van der Waals surface area (Å²) in [7, 11) is 0. The summed E-state index contributed by atoms with van der Waals surface area (Å²) in [5.74, 6) is -0.375. The number of alkyl halides is 1. The molecule has 0 aliphatic rings. The molecule has 116 valence electrons. The maximum atomic E-state index is 11.3. The summed E-state index contributed by atoms with van der Waals surface area (Å²) in [6.45, 7) is 3.62. The van der Waals surface area contributed by atoms with E-state index in [0.29, 0.717) is 12.8 Å². The van der Waals surface area contributed by atoms with Gasteiger partial charge < -0.3 is 21.7 Å². The van der Waals surface area contributed by atoms with Crippen molar-refractivity contribution in [2.45, 2.75) is 37.1 Å². The lowest BCUT2D eigenvalue weighted by atomic mass is 10.0. The van der Waals surface area contributed by atoms with Crippen LogP contribution in [0.2, 0.25) is 0 Å². The number of nitrogens with two attached hydrogens (primary N) is 2. The fraction of sp³-hybridized carbons (Fsp3) is 0.800. The molecule has 0 saturated heterocycles. The predicted molar refractivity (Wildman–Crippen MR) is 83.4 cm³/mol. The maximum Gasteiger partial charge on any atom is 0.318 e. The number of urea groups is 1. The third-order valence-electron chi connectivity index (χ3n) is 2.25. The Balaban J connectivity index is -0.000000313. The smallest absolute Gasteiger partial charge is 0.318 e. The van der Waals surface area contributed by atoms with Crippen LogP contribution in [0.1, 0.15) is 26.7 Å². The standard InChI is InChI=1S/C7H13BrN2O2.C3H9NO2.H4Si/c1-3-7(8,4-2)5(11)10-6(9)12;4-1-3(6)2-5;/h3-4H2,1-2H3,(H3,9,10,11,12);3,5-6H,1-2,4H2;1H4. The second-order valence-electron chi connectivity index (χ2n) is 3.56. The average Bonchev–Trinajstić information content (AvgIpc) is 2.36. The van der Waals surface area contributed by atoms with Gasteiger partial charge in [-0.15, -0.1) is 0 Å². The van der Waals surface area contributed by atoms with Crippen LogP contribution in [-0.2, 0) is 4.79 Å². The summed E-state index contributed by atoms with van der Waals surface area (Å²) >= 11 is 3.26. The molecule has 7 nitrogen and oxygen atoms in total. The van der Waals surface area contributed by atoms with E-state index in [-0.39, 0.29) is 30.0 Å². The minimum atomic E-state index is -0.814. The first-order valence-electron chi connectivity index (χ1n) is 5.56. The van der Waals surface area contributed by atoms with Gasteiger partial charge in [0.25, 0.3) is 0 Å². The number of carbonyl (C=O) groups excluding carboxylic acids is 2. The van der Waals surface area contributed by atoms with Crippen LogP contribution in [0.15, 0.2) is 0 Å². The molecule has 0 radical (unpaired) electrons. The largest absolute Gasteiger partial charge is 0.394 e. The molecule has 0 aliphatic heterocycles. The van der Waals surface area contributed by atoms with E-state index in [0.717, 1.165) is 0 Å². The highest BCUT2D eigenvalue weighted by molar-refractivity contribution is 9.10. The zero-order valence-corrected chi connectivity index (χ0v) is 12.2. The van der Waals surface area contributed by atoms with Crippen LogP contribution in [0.3, 0.4) is 0 Å². The summed E-state index contributed by atoms with van der Waals surface area (Å²) in [5, 5.41) is 18.3. The van der Waals surface area contributed by atoms with Gasteiger partial charge in [0.1, 0.15) is 4.32 Å². The van der Waals surface area contributed by atoms with E-state index in [1.54, 1.807) is 0 Å². The molecule has 0 heterocycles. The van der Waals surface area contributed by atoms with Crippen LogP contribution < -0.4 is 16.8 Å². The van der Waals surface area contributed by atoms with Gasteiger partial charge in [-0.3, -0.25) is 10.1 Å². The highest BCUT2D eigenvalue weighted by atomic mass is 79.9. The third-order valence-corrected chi connectivity index (χ3v) is 3.73. The number of hydrogen-bond donors (Lipinski definition) is 5. The van der Waals surface area contributed by atoms with Gasteiger partial charge in [-0.05, 0) is 23.8 Å². The van der Waals surface area contributed by atoms with Crippen LogP contribution >= 0.6 is 15.9 Å². The van der Waals surface area contributed by atoms with Gasteiger partial charge in [0.05, 0.1) is 12.7 Å². The Morgan fingerprint density at radius 3 is 1.95 bits per heavy atom. The Kier molecular flexibility index (Phi) is 15.6. The van der Waals surface area contributed by atoms with E-state index in [1.165, 1.54) is 0 Å². The van der Waals surface area contributed by atoms with E-state index < -0.39 is 16.5 Å². The number of carbonyl (C=O) groups is 2. The van der Waals surface area contributed by atoms with Crippen molar-refractivity contribution in [3.8, 4) is 0 Å². The van der Waals surface area contributed by atoms with Crippen molar-refractivity contribution in [3.63, 3.8) is 0 Å². The van der Waals surface area contributed by atoms with Crippen LogP contribution in [0.25, 0.3) is 0 Å². The number of halogens is 1. The molecule has 9 heteroatoms. The Hall–Kier alpha value is -0.483. The van der Waals surface area contributed by atoms with Gasteiger partial charge in [-0.25, -0.2) is 4.79 Å². The van der Waals surface area contributed by atoms with Gasteiger partial charge >= 0.3 is 6.03 Å². The van der Waals surface area contributed by atoms with E-state index >= 15 is 0 Å². The number of amides is 3. The number of nitrogens with one attached hydrogen (secondary N) is 1. The van der Waals surface area contributed by atoms with Crippen molar-refractivity contribution >= 4 is 38.8 Å². The first kappa shape index (κ1) is 23.6. The van der Waals surface area contributed by atoms with Gasteiger partial charge in [0, 0.05) is 6.54 Å². The molecule has 0 aliphatic carbocycles. The van der Waals surface area contributed by atoms with Crippen LogP contribution in [-0.4, -0.2) is 56.7 Å². The average molecular weight is 360 g/mol. The van der Waals surface area contributed by atoms with Gasteiger partial charge in [0.2, 0.25) is 5.91 Å². The monoisotopic (exact) mass is 359 g/mol. The first-order chi connectivity index (χ1) is 8.27. The van der Waals surface area contributed by atoms with Gasteiger partial charge in [-0.1, -0.05) is 29.8 Å². The number of imide groups is 1. The number of aliphatic hydroxyl groups excluding tert-OH is 2. The second-order valence-corrected chi connectivity index (χ2v) is 5.08. The molecule has 0 saturated carbocycles. The summed E-state index contributed by atoms with van der Waals surface area (Å²) in [5.41, 5.74) is 9.68. The van der Waals surface area contributed by atoms with E-state index in [2.05, 4.69) is 15.9 Å². The van der Waals surface area contributed by atoms with Crippen molar-refractivity contribution in [2.75, 3.05) is 13.2 Å². The second kappa shape index (κ2) is 12.5. The van der Waals surface area contributed by atoms with Gasteiger partial charge in [0.15, 0.2) is 0 Å². The molecule has 0 rings (SSSR count). The summed E-state index contributed by atoms with van der Waals surface area (Å²) in [4.78, 5) is 21.6. The Morgan fingerprint density at radius 1 is 1.37 bits per heavy atom. The van der Waals surface area contributed by atoms with Crippen molar-refractivity contribution in [2.24, 2.45) is 11.5 Å². The predicted octanol–water partition coefficient (Wildman–Crippen LogP) is -2.02. The molecule has 0 fully saturated rings. The van der Waals surface area contributed by atoms with Crippen LogP contribution in [0.5, 0.6) is 0 Å². The zero-order chi connectivity index (χ0) is 14.8. The minimum Gasteiger partial charge on any atom is -0.394 e. The molecule has 3 amide bonds. The van der Waals surface area contributed by atoms with Gasteiger partial charge in [-0.2, -0.15) is 0 Å². The molecule has 0 spiro atoms. The quantitative estimate of drug-likeness (QED) is 0.285. The summed E-state index contributed by atoms with van der Waals surface area (Å²) in [6.07, 6.45) is 0.496. The van der Waals surface area contributed by atoms with E-state index in [1.807, 2.05) is 19.2 Å². The van der Waals surface area contributed by atoms with Crippen molar-refractivity contribution in [3.05, 3.63) is 0 Å². The lowest BCUT2D eigenvalue weighted by Crippen LogP contribution is -2.46. The highest BCUT2D eigenvalue weighted by Crippen LogP contribution is 2.26. The molecule has 1 atom stereocenters. The number of primary amides is 1. The molecule has 19 heavy (non-hydrogen) atoms. The molecule has 7 N–H and O–H groups in total. The Morgan fingerprint density at radius 2 is 1.79 bits per heavy atom. The zero-order valence-electron chi connectivity index (χ0n) is 10.6. The van der Waals surface area contributed by atoms with E-state index in [9.17, 15) is 9.59 Å². The molecule has 0 bridgehead atoms. The number of hydrogen-bond acceptors (Lipinski definition) is 5. The third kappa shape index (κ3) is 11.1. The highest BCUT2D eigenvalue weighted by Gasteiger charge is 2.32. The molecular formula is C10H26BrN3O4Si. The first-order valence-corrected chi connectivity index (χ1v) is 6.35. The SMILES string of the molecule is CCC(Br)(CC)C(=O)NC(N)=O.NCC(O)CO.[SiH4]. The van der Waals surface area contributed by atoms with Crippen molar-refractivity contribution < 1.29 is 19.8 Å². The normalized spacial score (nSPS) is 11.5. The Bertz CT molecular complexity index is 261. The maximum absolute atomic E-state index is 11.3. The fourth-order valence-electron chi connectivity index (χ4n) is 0.870. The molecule has 0 aromatic rings. The number of rotatable bonds is 5. The van der Waals surface area contributed by atoms with E-state index in [4.69, 9.17) is 21.7 Å². The minimum absolute atomic E-state index is 0. The topological polar surface area (TPSA) is 139 Å². The molecule has 1 unspecified atom stereocenters. The molecule has 0 aromatic carbocycles. The van der Waals surface area contributed by atoms with Crippen molar-refractivity contribution in [1.82, 2.24) is 5.32 Å². The van der Waals surface area contributed by atoms with Crippen LogP contribution in [0.4, 0.5) is 4.79 Å². The fourth-order valence-corrected chi connectivity index (χ4v) is 0.969. The van der Waals surface area contributed by atoms with Crippen molar-refractivity contribution in [1.29, 1.82) is 0 Å². The lowest BCUT2D eigenvalue weighted by Gasteiger charge is -2.21. The Labute approximate surface area is 126 Å². The number of aliphatic hydroxyl groups is 2.